The molecule has 3 heterocycles. The average molecular weight is 348 g/mol. The summed E-state index contributed by atoms with van der Waals surface area (Å²) in [6.07, 6.45) is 2.83. The quantitative estimate of drug-likeness (QED) is 0.888. The van der Waals surface area contributed by atoms with Gasteiger partial charge in [-0.05, 0) is 31.2 Å². The molecule has 24 heavy (non-hydrogen) atoms. The van der Waals surface area contributed by atoms with E-state index < -0.39 is 10.0 Å². The monoisotopic (exact) mass is 348 g/mol. The van der Waals surface area contributed by atoms with Crippen molar-refractivity contribution < 1.29 is 13.2 Å². The Morgan fingerprint density at radius 2 is 2.21 bits per heavy atom. The van der Waals surface area contributed by atoms with Crippen molar-refractivity contribution in [1.82, 2.24) is 14.3 Å². The van der Waals surface area contributed by atoms with Gasteiger partial charge in [0.15, 0.2) is 0 Å². The fourth-order valence-corrected chi connectivity index (χ4v) is 4.11. The minimum absolute atomic E-state index is 0.305. The second-order valence-corrected chi connectivity index (χ2v) is 7.93. The Balaban J connectivity index is 1.64. The lowest BCUT2D eigenvalue weighted by molar-refractivity contribution is 0.0806. The zero-order chi connectivity index (χ0) is 16.7. The van der Waals surface area contributed by atoms with Crippen LogP contribution in [-0.4, -0.2) is 38.2 Å². The number of imidazole rings is 1. The summed E-state index contributed by atoms with van der Waals surface area (Å²) in [5.41, 5.74) is 3.32. The van der Waals surface area contributed by atoms with E-state index in [0.717, 1.165) is 43.3 Å². The van der Waals surface area contributed by atoms with Gasteiger partial charge in [-0.1, -0.05) is 6.07 Å². The molecular formula is C16H20N4O3S. The van der Waals surface area contributed by atoms with E-state index >= 15 is 0 Å². The number of benzene rings is 1. The van der Waals surface area contributed by atoms with E-state index in [-0.39, 0.29) is 0 Å². The Morgan fingerprint density at radius 1 is 1.33 bits per heavy atom. The summed E-state index contributed by atoms with van der Waals surface area (Å²) in [6.45, 7) is 3.69. The average Bonchev–Trinajstić information content (AvgIpc) is 3.20. The van der Waals surface area contributed by atoms with Crippen molar-refractivity contribution in [2.24, 2.45) is 0 Å². The minimum Gasteiger partial charge on any atom is -0.372 e. The molecule has 0 fully saturated rings. The second kappa shape index (κ2) is 5.87. The SMILES string of the molecule is CNS(=O)(=O)c1ccc2c(c1)N(Cc1cnc3n1CCOC3)CC2. The highest BCUT2D eigenvalue weighted by Crippen LogP contribution is 2.32. The van der Waals surface area contributed by atoms with Gasteiger partial charge < -0.3 is 14.2 Å². The maximum absolute atomic E-state index is 12.1. The van der Waals surface area contributed by atoms with Gasteiger partial charge in [-0.25, -0.2) is 18.1 Å². The lowest BCUT2D eigenvalue weighted by Gasteiger charge is -2.23. The van der Waals surface area contributed by atoms with Gasteiger partial charge in [0.25, 0.3) is 0 Å². The van der Waals surface area contributed by atoms with Gasteiger partial charge in [-0.3, -0.25) is 0 Å². The van der Waals surface area contributed by atoms with Crippen LogP contribution in [0.5, 0.6) is 0 Å². The molecule has 8 heteroatoms. The van der Waals surface area contributed by atoms with E-state index in [1.165, 1.54) is 12.6 Å². The Morgan fingerprint density at radius 3 is 3.04 bits per heavy atom. The number of aromatic nitrogens is 2. The molecule has 0 amide bonds. The minimum atomic E-state index is -3.43. The predicted molar refractivity (Wildman–Crippen MR) is 89.3 cm³/mol. The maximum Gasteiger partial charge on any atom is 0.240 e. The summed E-state index contributed by atoms with van der Waals surface area (Å²) in [6, 6.07) is 5.36. The van der Waals surface area contributed by atoms with Crippen LogP contribution in [0.15, 0.2) is 29.3 Å². The molecule has 0 spiro atoms. The largest absolute Gasteiger partial charge is 0.372 e. The normalized spacial score (nSPS) is 17.0. The zero-order valence-electron chi connectivity index (χ0n) is 13.5. The fourth-order valence-electron chi connectivity index (χ4n) is 3.36. The van der Waals surface area contributed by atoms with Crippen LogP contribution >= 0.6 is 0 Å². The molecule has 0 bridgehead atoms. The van der Waals surface area contributed by atoms with E-state index in [1.54, 1.807) is 12.1 Å². The van der Waals surface area contributed by atoms with E-state index in [4.69, 9.17) is 4.74 Å². The fraction of sp³-hybridized carbons (Fsp3) is 0.438. The first-order valence-electron chi connectivity index (χ1n) is 8.01. The number of ether oxygens (including phenoxy) is 1. The standard InChI is InChI=1S/C16H20N4O3S/c1-17-24(21,22)14-3-2-12-4-5-19(15(12)8-14)10-13-9-18-16-11-23-7-6-20(13)16/h2-3,8-9,17H,4-7,10-11H2,1H3. The summed E-state index contributed by atoms with van der Waals surface area (Å²) in [7, 11) is -2.00. The molecule has 4 rings (SSSR count). The topological polar surface area (TPSA) is 76.5 Å². The first-order valence-corrected chi connectivity index (χ1v) is 9.49. The van der Waals surface area contributed by atoms with Crippen molar-refractivity contribution in [3.63, 3.8) is 0 Å². The van der Waals surface area contributed by atoms with Crippen LogP contribution in [0, 0.1) is 0 Å². The van der Waals surface area contributed by atoms with Crippen molar-refractivity contribution >= 4 is 15.7 Å². The third-order valence-corrected chi connectivity index (χ3v) is 6.10. The Bertz CT molecular complexity index is 875. The lowest BCUT2D eigenvalue weighted by atomic mass is 10.2. The predicted octanol–water partition coefficient (Wildman–Crippen LogP) is 0.884. The number of hydrogen-bond donors (Lipinski definition) is 1. The lowest BCUT2D eigenvalue weighted by Crippen LogP contribution is -2.25. The Labute approximate surface area is 141 Å². The van der Waals surface area contributed by atoms with Gasteiger partial charge in [0.2, 0.25) is 10.0 Å². The van der Waals surface area contributed by atoms with Crippen molar-refractivity contribution in [3.05, 3.63) is 41.5 Å². The van der Waals surface area contributed by atoms with Crippen LogP contribution in [0.4, 0.5) is 5.69 Å². The van der Waals surface area contributed by atoms with E-state index in [9.17, 15) is 8.42 Å². The molecule has 0 saturated carbocycles. The molecule has 128 valence electrons. The smallest absolute Gasteiger partial charge is 0.240 e. The molecule has 2 aliphatic heterocycles. The maximum atomic E-state index is 12.1. The molecule has 2 aromatic rings. The molecule has 1 aromatic carbocycles. The second-order valence-electron chi connectivity index (χ2n) is 6.04. The van der Waals surface area contributed by atoms with Crippen molar-refractivity contribution in [1.29, 1.82) is 0 Å². The number of anilines is 1. The van der Waals surface area contributed by atoms with E-state index in [2.05, 4.69) is 19.2 Å². The molecule has 1 aromatic heterocycles. The molecule has 2 aliphatic rings. The number of rotatable bonds is 4. The van der Waals surface area contributed by atoms with Crippen LogP contribution in [0.25, 0.3) is 0 Å². The first-order chi connectivity index (χ1) is 11.6. The van der Waals surface area contributed by atoms with Crippen LogP contribution in [0.3, 0.4) is 0 Å². The third-order valence-electron chi connectivity index (χ3n) is 4.69. The number of nitrogens with one attached hydrogen (secondary N) is 1. The molecule has 0 aliphatic carbocycles. The number of fused-ring (bicyclic) bond motifs is 2. The molecule has 0 radical (unpaired) electrons. The summed E-state index contributed by atoms with van der Waals surface area (Å²) >= 11 is 0. The van der Waals surface area contributed by atoms with Crippen molar-refractivity contribution in [2.45, 2.75) is 31.0 Å². The molecule has 7 nitrogen and oxygen atoms in total. The molecule has 0 saturated heterocycles. The van der Waals surface area contributed by atoms with Gasteiger partial charge in [0, 0.05) is 18.8 Å². The van der Waals surface area contributed by atoms with Gasteiger partial charge in [0.05, 0.1) is 29.9 Å². The highest BCUT2D eigenvalue weighted by molar-refractivity contribution is 7.89. The number of sulfonamides is 1. The molecular weight excluding hydrogens is 328 g/mol. The third kappa shape index (κ3) is 2.60. The molecule has 0 unspecified atom stereocenters. The Hall–Kier alpha value is -1.90. The van der Waals surface area contributed by atoms with E-state index in [1.807, 2.05) is 12.3 Å². The van der Waals surface area contributed by atoms with Crippen molar-refractivity contribution in [2.75, 3.05) is 25.1 Å². The summed E-state index contributed by atoms with van der Waals surface area (Å²) in [5, 5.41) is 0. The summed E-state index contributed by atoms with van der Waals surface area (Å²) < 4.78 is 34.1. The van der Waals surface area contributed by atoms with Crippen molar-refractivity contribution in [3.8, 4) is 0 Å². The Kier molecular flexibility index (Phi) is 3.82. The number of hydrogen-bond acceptors (Lipinski definition) is 5. The van der Waals surface area contributed by atoms with E-state index in [0.29, 0.717) is 18.1 Å². The highest BCUT2D eigenvalue weighted by Gasteiger charge is 2.24. The van der Waals surface area contributed by atoms with Gasteiger partial charge in [-0.15, -0.1) is 0 Å². The molecule has 0 atom stereocenters. The van der Waals surface area contributed by atoms with Crippen LogP contribution < -0.4 is 9.62 Å². The van der Waals surface area contributed by atoms with Gasteiger partial charge in [-0.2, -0.15) is 0 Å². The van der Waals surface area contributed by atoms with Crippen LogP contribution in [0.1, 0.15) is 17.1 Å². The number of nitrogens with zero attached hydrogens (tertiary/aromatic N) is 3. The summed E-state index contributed by atoms with van der Waals surface area (Å²) in [4.78, 5) is 6.96. The van der Waals surface area contributed by atoms with Crippen LogP contribution in [-0.2, 0) is 40.9 Å². The summed E-state index contributed by atoms with van der Waals surface area (Å²) in [5.74, 6) is 0.960. The highest BCUT2D eigenvalue weighted by atomic mass is 32.2. The first kappa shape index (κ1) is 15.6. The van der Waals surface area contributed by atoms with Crippen LogP contribution in [0.2, 0.25) is 0 Å². The van der Waals surface area contributed by atoms with Gasteiger partial charge in [0.1, 0.15) is 12.4 Å². The molecule has 1 N–H and O–H groups in total. The zero-order valence-corrected chi connectivity index (χ0v) is 14.3. The van der Waals surface area contributed by atoms with Gasteiger partial charge >= 0.3 is 0 Å².